The quantitative estimate of drug-likeness (QED) is 0.635. The number of rotatable bonds is 4. The molecule has 72 valence electrons. The van der Waals surface area contributed by atoms with Crippen LogP contribution in [-0.2, 0) is 9.47 Å². The largest absolute Gasteiger partial charge is 0.379 e. The minimum Gasteiger partial charge on any atom is -0.379 e. The van der Waals surface area contributed by atoms with Gasteiger partial charge in [-0.2, -0.15) is 0 Å². The van der Waals surface area contributed by atoms with E-state index >= 15 is 0 Å². The van der Waals surface area contributed by atoms with Crippen LogP contribution in [0, 0.1) is 0 Å². The highest BCUT2D eigenvalue weighted by atomic mass is 16.5. The molecule has 0 saturated carbocycles. The summed E-state index contributed by atoms with van der Waals surface area (Å²) in [5, 5.41) is 9.55. The molecule has 0 amide bonds. The monoisotopic (exact) mass is 175 g/mol. The van der Waals surface area contributed by atoms with Crippen molar-refractivity contribution in [2.45, 2.75) is 13.2 Å². The van der Waals surface area contributed by atoms with Crippen LogP contribution in [0.15, 0.2) is 0 Å². The summed E-state index contributed by atoms with van der Waals surface area (Å²) < 4.78 is 10.3. The lowest BCUT2D eigenvalue weighted by Gasteiger charge is -2.30. The van der Waals surface area contributed by atoms with Crippen molar-refractivity contribution < 1.29 is 14.6 Å². The molecule has 0 spiro atoms. The molecule has 4 heteroatoms. The Hall–Kier alpha value is -0.160. The first-order valence-electron chi connectivity index (χ1n) is 4.42. The minimum atomic E-state index is -0.464. The summed E-state index contributed by atoms with van der Waals surface area (Å²) in [6, 6.07) is 0. The number of morpholine rings is 1. The lowest BCUT2D eigenvalue weighted by Crippen LogP contribution is -2.45. The van der Waals surface area contributed by atoms with E-state index in [0.29, 0.717) is 26.4 Å². The Morgan fingerprint density at radius 1 is 1.50 bits per heavy atom. The van der Waals surface area contributed by atoms with Gasteiger partial charge in [0.05, 0.1) is 19.8 Å². The van der Waals surface area contributed by atoms with E-state index in [0.717, 1.165) is 13.1 Å². The molecule has 12 heavy (non-hydrogen) atoms. The van der Waals surface area contributed by atoms with Crippen molar-refractivity contribution in [2.24, 2.45) is 0 Å². The van der Waals surface area contributed by atoms with E-state index < -0.39 is 6.23 Å². The van der Waals surface area contributed by atoms with Gasteiger partial charge in [-0.3, -0.25) is 4.90 Å². The number of ether oxygens (including phenoxy) is 2. The molecule has 1 heterocycles. The zero-order valence-corrected chi connectivity index (χ0v) is 7.53. The molecule has 1 atom stereocenters. The molecule has 0 aromatic rings. The molecule has 1 fully saturated rings. The summed E-state index contributed by atoms with van der Waals surface area (Å²) in [6.07, 6.45) is -0.464. The Morgan fingerprint density at radius 3 is 2.75 bits per heavy atom. The van der Waals surface area contributed by atoms with Crippen LogP contribution in [0.5, 0.6) is 0 Å². The van der Waals surface area contributed by atoms with Crippen molar-refractivity contribution in [3.05, 3.63) is 0 Å². The fourth-order valence-electron chi connectivity index (χ4n) is 1.20. The summed E-state index contributed by atoms with van der Waals surface area (Å²) in [5.74, 6) is 0. The molecule has 0 bridgehead atoms. The van der Waals surface area contributed by atoms with Gasteiger partial charge >= 0.3 is 0 Å². The number of nitrogens with zero attached hydrogens (tertiary/aromatic N) is 1. The van der Waals surface area contributed by atoms with E-state index in [1.807, 2.05) is 11.8 Å². The molecule has 0 aromatic carbocycles. The van der Waals surface area contributed by atoms with Gasteiger partial charge in [0.1, 0.15) is 6.23 Å². The Balaban J connectivity index is 2.15. The molecule has 1 aliphatic rings. The third-order valence-electron chi connectivity index (χ3n) is 1.94. The SMILES string of the molecule is CCOCC(O)N1CCOCC1. The van der Waals surface area contributed by atoms with Crippen LogP contribution in [0.25, 0.3) is 0 Å². The van der Waals surface area contributed by atoms with Gasteiger partial charge in [-0.1, -0.05) is 0 Å². The summed E-state index contributed by atoms with van der Waals surface area (Å²) in [7, 11) is 0. The first kappa shape index (κ1) is 9.92. The van der Waals surface area contributed by atoms with Crippen molar-refractivity contribution in [1.29, 1.82) is 0 Å². The van der Waals surface area contributed by atoms with Crippen LogP contribution in [0.4, 0.5) is 0 Å². The second-order valence-corrected chi connectivity index (χ2v) is 2.79. The molecule has 0 aliphatic carbocycles. The summed E-state index contributed by atoms with van der Waals surface area (Å²) >= 11 is 0. The van der Waals surface area contributed by atoms with Crippen molar-refractivity contribution in [1.82, 2.24) is 4.90 Å². The average Bonchev–Trinajstić information content (AvgIpc) is 2.15. The third kappa shape index (κ3) is 3.06. The number of hydrogen-bond donors (Lipinski definition) is 1. The van der Waals surface area contributed by atoms with Crippen molar-refractivity contribution in [3.8, 4) is 0 Å². The van der Waals surface area contributed by atoms with Gasteiger partial charge in [-0.25, -0.2) is 0 Å². The summed E-state index contributed by atoms with van der Waals surface area (Å²) in [6.45, 7) is 6.00. The molecule has 1 rings (SSSR count). The second kappa shape index (κ2) is 5.48. The number of aliphatic hydroxyl groups is 1. The highest BCUT2D eigenvalue weighted by molar-refractivity contribution is 4.64. The number of hydrogen-bond acceptors (Lipinski definition) is 4. The van der Waals surface area contributed by atoms with Gasteiger partial charge in [-0.15, -0.1) is 0 Å². The molecule has 0 radical (unpaired) electrons. The van der Waals surface area contributed by atoms with Crippen LogP contribution in [-0.4, -0.2) is 55.8 Å². The summed E-state index contributed by atoms with van der Waals surface area (Å²) in [4.78, 5) is 1.97. The fourth-order valence-corrected chi connectivity index (χ4v) is 1.20. The molecule has 1 aliphatic heterocycles. The Morgan fingerprint density at radius 2 is 2.17 bits per heavy atom. The molecule has 1 unspecified atom stereocenters. The zero-order chi connectivity index (χ0) is 8.81. The van der Waals surface area contributed by atoms with Gasteiger partial charge in [0.15, 0.2) is 0 Å². The van der Waals surface area contributed by atoms with E-state index in [4.69, 9.17) is 9.47 Å². The van der Waals surface area contributed by atoms with Crippen molar-refractivity contribution in [3.63, 3.8) is 0 Å². The first-order chi connectivity index (χ1) is 5.84. The van der Waals surface area contributed by atoms with E-state index in [9.17, 15) is 5.11 Å². The van der Waals surface area contributed by atoms with Gasteiger partial charge in [0, 0.05) is 19.7 Å². The second-order valence-electron chi connectivity index (χ2n) is 2.79. The third-order valence-corrected chi connectivity index (χ3v) is 1.94. The standard InChI is InChI=1S/C8H17NO3/c1-2-11-7-8(10)9-3-5-12-6-4-9/h8,10H,2-7H2,1H3. The van der Waals surface area contributed by atoms with Crippen LogP contribution in [0.3, 0.4) is 0 Å². The molecule has 1 N–H and O–H groups in total. The van der Waals surface area contributed by atoms with Crippen LogP contribution in [0.1, 0.15) is 6.92 Å². The van der Waals surface area contributed by atoms with Gasteiger partial charge in [0.25, 0.3) is 0 Å². The van der Waals surface area contributed by atoms with Gasteiger partial charge in [0.2, 0.25) is 0 Å². The maximum atomic E-state index is 9.55. The van der Waals surface area contributed by atoms with E-state index in [-0.39, 0.29) is 0 Å². The molecular formula is C8H17NO3. The predicted molar refractivity (Wildman–Crippen MR) is 44.9 cm³/mol. The first-order valence-corrected chi connectivity index (χ1v) is 4.42. The van der Waals surface area contributed by atoms with E-state index in [2.05, 4.69) is 0 Å². The van der Waals surface area contributed by atoms with Gasteiger partial charge in [-0.05, 0) is 6.92 Å². The van der Waals surface area contributed by atoms with Crippen LogP contribution < -0.4 is 0 Å². The highest BCUT2D eigenvalue weighted by Crippen LogP contribution is 2.01. The Bertz CT molecular complexity index is 115. The Kier molecular flexibility index (Phi) is 4.53. The normalized spacial score (nSPS) is 22.5. The fraction of sp³-hybridized carbons (Fsp3) is 1.00. The van der Waals surface area contributed by atoms with E-state index in [1.54, 1.807) is 0 Å². The topological polar surface area (TPSA) is 41.9 Å². The smallest absolute Gasteiger partial charge is 0.131 e. The average molecular weight is 175 g/mol. The van der Waals surface area contributed by atoms with Gasteiger partial charge < -0.3 is 14.6 Å². The highest BCUT2D eigenvalue weighted by Gasteiger charge is 2.17. The lowest BCUT2D eigenvalue weighted by molar-refractivity contribution is -0.0920. The molecular weight excluding hydrogens is 158 g/mol. The lowest BCUT2D eigenvalue weighted by atomic mass is 10.4. The minimum absolute atomic E-state index is 0.399. The van der Waals surface area contributed by atoms with Crippen LogP contribution >= 0.6 is 0 Å². The molecule has 4 nitrogen and oxygen atoms in total. The maximum Gasteiger partial charge on any atom is 0.131 e. The predicted octanol–water partition coefficient (Wildman–Crippen LogP) is -0.327. The number of aliphatic hydroxyl groups excluding tert-OH is 1. The van der Waals surface area contributed by atoms with Crippen molar-refractivity contribution in [2.75, 3.05) is 39.5 Å². The molecule has 1 saturated heterocycles. The summed E-state index contributed by atoms with van der Waals surface area (Å²) in [5.41, 5.74) is 0. The van der Waals surface area contributed by atoms with Crippen LogP contribution in [0.2, 0.25) is 0 Å². The zero-order valence-electron chi connectivity index (χ0n) is 7.53. The molecule has 0 aromatic heterocycles. The Labute approximate surface area is 73.1 Å². The maximum absolute atomic E-state index is 9.55. The van der Waals surface area contributed by atoms with E-state index in [1.165, 1.54) is 0 Å². The van der Waals surface area contributed by atoms with Crippen molar-refractivity contribution >= 4 is 0 Å².